The second-order valence-corrected chi connectivity index (χ2v) is 16.7. The average molecular weight is 875 g/mol. The second kappa shape index (κ2) is 40.2. The highest BCUT2D eigenvalue weighted by atomic mass is 32.2. The lowest BCUT2D eigenvalue weighted by Gasteiger charge is -2.23. The Morgan fingerprint density at radius 2 is 0.817 bits per heavy atom. The maximum absolute atomic E-state index is 13.3. The molecule has 1 unspecified atom stereocenters. The first kappa shape index (κ1) is 57.1. The summed E-state index contributed by atoms with van der Waals surface area (Å²) in [5, 5.41) is -0.157. The normalized spacial score (nSPS) is 11.7. The highest BCUT2D eigenvalue weighted by Crippen LogP contribution is 2.15. The van der Waals surface area contributed by atoms with Gasteiger partial charge in [0.1, 0.15) is 19.8 Å². The van der Waals surface area contributed by atoms with Gasteiger partial charge in [0.2, 0.25) is 0 Å². The molecule has 350 valence electrons. The molecule has 0 rings (SSSR count). The Hall–Kier alpha value is -2.91. The molecule has 0 N–H and O–H groups in total. The summed E-state index contributed by atoms with van der Waals surface area (Å²) in [6.45, 7) is 7.26. The second-order valence-electron chi connectivity index (χ2n) is 15.7. The Morgan fingerprint density at radius 1 is 0.450 bits per heavy atom. The number of hydrogen-bond donors (Lipinski definition) is 0. The minimum atomic E-state index is -0.956. The van der Waals surface area contributed by atoms with Crippen LogP contribution in [0.4, 0.5) is 4.79 Å². The molecule has 15 heteroatoms. The summed E-state index contributed by atoms with van der Waals surface area (Å²) in [5.74, 6) is -1.57. The Morgan fingerprint density at radius 3 is 1.18 bits per heavy atom. The van der Waals surface area contributed by atoms with E-state index < -0.39 is 36.1 Å². The summed E-state index contributed by atoms with van der Waals surface area (Å²) in [5.41, 5.74) is 0. The molecule has 0 saturated carbocycles. The van der Waals surface area contributed by atoms with Crippen LogP contribution in [0.15, 0.2) is 0 Å². The first-order valence-electron chi connectivity index (χ1n) is 22.9. The van der Waals surface area contributed by atoms with E-state index in [9.17, 15) is 28.8 Å². The van der Waals surface area contributed by atoms with Gasteiger partial charge in [0.15, 0.2) is 12.2 Å². The van der Waals surface area contributed by atoms with Crippen molar-refractivity contribution in [3.8, 4) is 0 Å². The minimum absolute atomic E-state index is 0.0271. The van der Waals surface area contributed by atoms with Crippen LogP contribution in [0.5, 0.6) is 0 Å². The number of methoxy groups -OCH3 is 1. The molecule has 0 aromatic rings. The fraction of sp³-hybridized carbons (Fsp3) is 0.867. The molecule has 1 atom stereocenters. The number of rotatable bonds is 40. The van der Waals surface area contributed by atoms with Crippen LogP contribution in [0.2, 0.25) is 0 Å². The quantitative estimate of drug-likeness (QED) is 0.0326. The molecule has 0 aromatic carbocycles. The van der Waals surface area contributed by atoms with E-state index in [1.165, 1.54) is 18.9 Å². The van der Waals surface area contributed by atoms with Crippen LogP contribution < -0.4 is 0 Å². The third kappa shape index (κ3) is 35.8. The molecule has 0 bridgehead atoms. The van der Waals surface area contributed by atoms with E-state index in [0.717, 1.165) is 96.4 Å². The highest BCUT2D eigenvalue weighted by Gasteiger charge is 2.22. The van der Waals surface area contributed by atoms with Crippen LogP contribution in [-0.2, 0) is 52.4 Å². The van der Waals surface area contributed by atoms with Crippen LogP contribution in [0, 0.1) is 0 Å². The molecule has 0 heterocycles. The molecule has 0 aromatic heterocycles. The van der Waals surface area contributed by atoms with Crippen molar-refractivity contribution in [2.75, 3.05) is 73.0 Å². The van der Waals surface area contributed by atoms with Gasteiger partial charge in [-0.2, -0.15) is 0 Å². The molecule has 0 aliphatic rings. The van der Waals surface area contributed by atoms with Gasteiger partial charge >= 0.3 is 29.8 Å². The standard InChI is InChI=1S/C45H82N2O12S/c1-7-10-13-16-19-25-40(48)55-35-38(34-54-6)58-43(51)28-22-31-47(45(53)60-33-24-30-46(4)5)32-23-29-44(52)59-39(36-56-41(49)26-20-17-14-11-8-2)37-57-42(50)27-21-18-15-12-9-3/h38-39H,7-37H2,1-6H3. The molecule has 0 radical (unpaired) electrons. The van der Waals surface area contributed by atoms with Gasteiger partial charge in [0, 0.05) is 58.1 Å². The largest absolute Gasteiger partial charge is 0.462 e. The number of esters is 5. The molecule has 0 aliphatic carbocycles. The molecular formula is C45H82N2O12S. The molecular weight excluding hydrogens is 793 g/mol. The first-order valence-corrected chi connectivity index (χ1v) is 23.8. The zero-order chi connectivity index (χ0) is 44.6. The number of carbonyl (C=O) groups excluding carboxylic acids is 6. The fourth-order valence-electron chi connectivity index (χ4n) is 6.06. The number of amides is 1. The topological polar surface area (TPSA) is 164 Å². The smallest absolute Gasteiger partial charge is 0.306 e. The summed E-state index contributed by atoms with van der Waals surface area (Å²) in [7, 11) is 5.42. The number of hydrogen-bond acceptors (Lipinski definition) is 14. The van der Waals surface area contributed by atoms with Gasteiger partial charge in [0.25, 0.3) is 5.24 Å². The third-order valence-electron chi connectivity index (χ3n) is 9.54. The van der Waals surface area contributed by atoms with Crippen LogP contribution in [0.1, 0.15) is 168 Å². The van der Waals surface area contributed by atoms with Crippen molar-refractivity contribution in [3.63, 3.8) is 0 Å². The van der Waals surface area contributed by atoms with Gasteiger partial charge < -0.3 is 38.2 Å². The van der Waals surface area contributed by atoms with Crippen molar-refractivity contribution in [3.05, 3.63) is 0 Å². The van der Waals surface area contributed by atoms with Crippen molar-refractivity contribution < 1.29 is 57.2 Å². The van der Waals surface area contributed by atoms with Crippen LogP contribution >= 0.6 is 11.8 Å². The number of thioether (sulfide) groups is 1. The Kier molecular flexibility index (Phi) is 38.2. The van der Waals surface area contributed by atoms with E-state index in [-0.39, 0.29) is 82.8 Å². The zero-order valence-electron chi connectivity index (χ0n) is 38.3. The molecule has 0 fully saturated rings. The zero-order valence-corrected chi connectivity index (χ0v) is 39.1. The fourth-order valence-corrected chi connectivity index (χ4v) is 6.87. The van der Waals surface area contributed by atoms with Crippen molar-refractivity contribution in [1.82, 2.24) is 9.80 Å². The average Bonchev–Trinajstić information content (AvgIpc) is 3.21. The van der Waals surface area contributed by atoms with Crippen molar-refractivity contribution >= 4 is 46.8 Å². The highest BCUT2D eigenvalue weighted by molar-refractivity contribution is 8.13. The molecule has 14 nitrogen and oxygen atoms in total. The number of unbranched alkanes of at least 4 members (excludes halogenated alkanes) is 12. The first-order chi connectivity index (χ1) is 28.9. The maximum Gasteiger partial charge on any atom is 0.306 e. The molecule has 0 saturated heterocycles. The van der Waals surface area contributed by atoms with E-state index in [1.54, 1.807) is 4.90 Å². The molecule has 0 spiro atoms. The van der Waals surface area contributed by atoms with Gasteiger partial charge in [-0.15, -0.1) is 0 Å². The molecule has 1 amide bonds. The Labute approximate surface area is 366 Å². The summed E-state index contributed by atoms with van der Waals surface area (Å²) < 4.78 is 32.6. The van der Waals surface area contributed by atoms with E-state index in [1.807, 2.05) is 19.0 Å². The van der Waals surface area contributed by atoms with E-state index in [2.05, 4.69) is 20.8 Å². The lowest BCUT2D eigenvalue weighted by Crippen LogP contribution is -2.33. The van der Waals surface area contributed by atoms with E-state index in [4.69, 9.17) is 28.4 Å². The monoisotopic (exact) mass is 875 g/mol. The number of ether oxygens (including phenoxy) is 6. The summed E-state index contributed by atoms with van der Waals surface area (Å²) in [4.78, 5) is 79.8. The van der Waals surface area contributed by atoms with Crippen molar-refractivity contribution in [1.29, 1.82) is 0 Å². The molecule has 0 aliphatic heterocycles. The Balaban J connectivity index is 5.24. The predicted molar refractivity (Wildman–Crippen MR) is 236 cm³/mol. The van der Waals surface area contributed by atoms with E-state index >= 15 is 0 Å². The van der Waals surface area contributed by atoms with Gasteiger partial charge in [-0.25, -0.2) is 0 Å². The summed E-state index contributed by atoms with van der Waals surface area (Å²) in [6, 6.07) is 0. The maximum atomic E-state index is 13.3. The summed E-state index contributed by atoms with van der Waals surface area (Å²) in [6.07, 6.45) is 15.5. The number of nitrogens with zero attached hydrogens (tertiary/aromatic N) is 2. The van der Waals surface area contributed by atoms with Gasteiger partial charge in [-0.3, -0.25) is 28.8 Å². The molecule has 60 heavy (non-hydrogen) atoms. The third-order valence-corrected chi connectivity index (χ3v) is 10.5. The van der Waals surface area contributed by atoms with Crippen molar-refractivity contribution in [2.45, 2.75) is 181 Å². The van der Waals surface area contributed by atoms with Crippen LogP contribution in [-0.4, -0.2) is 130 Å². The van der Waals surface area contributed by atoms with Gasteiger partial charge in [-0.05, 0) is 59.2 Å². The SMILES string of the molecule is CCCCCCCC(=O)OCC(COC)OC(=O)CCCN(CCCC(=O)OC(COC(=O)CCCCCCC)COC(=O)CCCCCCC)C(=O)SCCCN(C)C. The van der Waals surface area contributed by atoms with Crippen LogP contribution in [0.3, 0.4) is 0 Å². The minimum Gasteiger partial charge on any atom is -0.462 e. The van der Waals surface area contributed by atoms with Gasteiger partial charge in [-0.1, -0.05) is 110 Å². The summed E-state index contributed by atoms with van der Waals surface area (Å²) >= 11 is 1.19. The number of carbonyl (C=O) groups is 6. The lowest BCUT2D eigenvalue weighted by molar-refractivity contribution is -0.167. The Bertz CT molecular complexity index is 1110. The van der Waals surface area contributed by atoms with Crippen molar-refractivity contribution in [2.24, 2.45) is 0 Å². The lowest BCUT2D eigenvalue weighted by atomic mass is 10.1. The van der Waals surface area contributed by atoms with E-state index in [0.29, 0.717) is 31.4 Å². The predicted octanol–water partition coefficient (Wildman–Crippen LogP) is 8.83. The van der Waals surface area contributed by atoms with Gasteiger partial charge in [0.05, 0.1) is 6.61 Å². The van der Waals surface area contributed by atoms with Crippen LogP contribution in [0.25, 0.3) is 0 Å².